The molecule has 0 radical (unpaired) electrons. The van der Waals surface area contributed by atoms with Crippen LogP contribution in [-0.2, 0) is 5.88 Å². The van der Waals surface area contributed by atoms with Gasteiger partial charge in [-0.2, -0.15) is 5.10 Å². The number of nitrogens with zero attached hydrogens (tertiary/aromatic N) is 3. The van der Waals surface area contributed by atoms with E-state index in [1.165, 1.54) is 6.07 Å². The van der Waals surface area contributed by atoms with Crippen molar-refractivity contribution in [1.29, 1.82) is 0 Å². The highest BCUT2D eigenvalue weighted by Crippen LogP contribution is 2.31. The lowest BCUT2D eigenvalue weighted by molar-refractivity contribution is 0.414. The second kappa shape index (κ2) is 6.16. The quantitative estimate of drug-likeness (QED) is 0.664. The van der Waals surface area contributed by atoms with Gasteiger partial charge in [0.1, 0.15) is 11.6 Å². The number of halogens is 2. The van der Waals surface area contributed by atoms with E-state index in [9.17, 15) is 4.39 Å². The molecule has 3 aromatic rings. The highest BCUT2D eigenvalue weighted by atomic mass is 35.5. The van der Waals surface area contributed by atoms with Gasteiger partial charge in [-0.05, 0) is 29.8 Å². The summed E-state index contributed by atoms with van der Waals surface area (Å²) in [5.41, 5.74) is 2.52. The van der Waals surface area contributed by atoms with Gasteiger partial charge in [0.2, 0.25) is 0 Å². The molecule has 23 heavy (non-hydrogen) atoms. The molecule has 2 aromatic heterocycles. The normalized spacial score (nSPS) is 11.4. The Labute approximate surface area is 138 Å². The maximum absolute atomic E-state index is 14.4. The van der Waals surface area contributed by atoms with Crippen molar-refractivity contribution < 1.29 is 9.13 Å². The van der Waals surface area contributed by atoms with Crippen LogP contribution in [0.5, 0.6) is 5.75 Å². The predicted octanol–water partition coefficient (Wildman–Crippen LogP) is 4.41. The molecular formula is C17H17ClFN3O. The third kappa shape index (κ3) is 2.88. The highest BCUT2D eigenvalue weighted by molar-refractivity contribution is 6.17. The fourth-order valence-corrected chi connectivity index (χ4v) is 2.56. The van der Waals surface area contributed by atoms with Gasteiger partial charge >= 0.3 is 0 Å². The molecule has 0 aliphatic heterocycles. The zero-order chi connectivity index (χ0) is 16.6. The van der Waals surface area contributed by atoms with Gasteiger partial charge in [0.25, 0.3) is 0 Å². The molecule has 0 unspecified atom stereocenters. The summed E-state index contributed by atoms with van der Waals surface area (Å²) in [4.78, 5) is 4.56. The summed E-state index contributed by atoms with van der Waals surface area (Å²) in [6.45, 7) is 4.03. The van der Waals surface area contributed by atoms with Crippen LogP contribution in [0.15, 0.2) is 30.5 Å². The lowest BCUT2D eigenvalue weighted by Gasteiger charge is -2.09. The average molecular weight is 334 g/mol. The molecule has 0 amide bonds. The molecule has 4 nitrogen and oxygen atoms in total. The number of ether oxygens (including phenoxy) is 1. The van der Waals surface area contributed by atoms with Gasteiger partial charge in [-0.15, -0.1) is 11.6 Å². The van der Waals surface area contributed by atoms with Crippen molar-refractivity contribution in [3.63, 3.8) is 0 Å². The van der Waals surface area contributed by atoms with Crippen molar-refractivity contribution in [2.45, 2.75) is 25.6 Å². The summed E-state index contributed by atoms with van der Waals surface area (Å²) in [6.07, 6.45) is 1.82. The summed E-state index contributed by atoms with van der Waals surface area (Å²) >= 11 is 5.97. The van der Waals surface area contributed by atoms with Crippen LogP contribution in [0.2, 0.25) is 0 Å². The molecule has 0 fully saturated rings. The molecule has 0 spiro atoms. The summed E-state index contributed by atoms with van der Waals surface area (Å²) in [5.74, 6) is 1.44. The van der Waals surface area contributed by atoms with Crippen LogP contribution < -0.4 is 4.74 Å². The molecule has 6 heteroatoms. The Balaban J connectivity index is 2.31. The fraction of sp³-hybridized carbons (Fsp3) is 0.294. The maximum atomic E-state index is 14.4. The standard InChI is InChI=1S/C17H17ClFN3O/c1-10(2)16-20-17-14(6-11(8-18)9-22(17)21-16)13-7-12(23-3)4-5-15(13)19/h4-7,9-10H,8H2,1-3H3. The van der Waals surface area contributed by atoms with Gasteiger partial charge < -0.3 is 4.74 Å². The minimum atomic E-state index is -0.339. The number of rotatable bonds is 4. The van der Waals surface area contributed by atoms with Crippen LogP contribution in [0, 0.1) is 5.82 Å². The first-order valence-electron chi connectivity index (χ1n) is 7.32. The SMILES string of the molecule is COc1ccc(F)c(-c2cc(CCl)cn3nc(C(C)C)nc23)c1. The lowest BCUT2D eigenvalue weighted by Crippen LogP contribution is -1.96. The van der Waals surface area contributed by atoms with Crippen molar-refractivity contribution in [1.82, 2.24) is 14.6 Å². The number of hydrogen-bond acceptors (Lipinski definition) is 3. The minimum absolute atomic E-state index is 0.178. The van der Waals surface area contributed by atoms with Gasteiger partial charge in [-0.3, -0.25) is 0 Å². The summed E-state index contributed by atoms with van der Waals surface area (Å²) in [5, 5.41) is 4.47. The van der Waals surface area contributed by atoms with E-state index in [2.05, 4.69) is 10.1 Å². The molecule has 0 aliphatic carbocycles. The van der Waals surface area contributed by atoms with Crippen LogP contribution in [-0.4, -0.2) is 21.7 Å². The van der Waals surface area contributed by atoms with E-state index < -0.39 is 0 Å². The van der Waals surface area contributed by atoms with E-state index in [-0.39, 0.29) is 11.7 Å². The maximum Gasteiger partial charge on any atom is 0.163 e. The molecular weight excluding hydrogens is 317 g/mol. The first-order valence-corrected chi connectivity index (χ1v) is 7.86. The first kappa shape index (κ1) is 15.7. The number of alkyl halides is 1. The molecule has 2 heterocycles. The Morgan fingerprint density at radius 1 is 1.26 bits per heavy atom. The van der Waals surface area contributed by atoms with E-state index >= 15 is 0 Å². The van der Waals surface area contributed by atoms with Gasteiger partial charge in [0.15, 0.2) is 11.5 Å². The second-order valence-electron chi connectivity index (χ2n) is 5.63. The Hall–Kier alpha value is -2.14. The van der Waals surface area contributed by atoms with E-state index in [4.69, 9.17) is 16.3 Å². The average Bonchev–Trinajstić information content (AvgIpc) is 2.98. The Kier molecular flexibility index (Phi) is 4.22. The van der Waals surface area contributed by atoms with Crippen molar-refractivity contribution >= 4 is 17.2 Å². The zero-order valence-corrected chi connectivity index (χ0v) is 13.9. The number of benzene rings is 1. The Morgan fingerprint density at radius 3 is 2.70 bits per heavy atom. The lowest BCUT2D eigenvalue weighted by atomic mass is 10.0. The topological polar surface area (TPSA) is 39.4 Å². The molecule has 0 saturated heterocycles. The van der Waals surface area contributed by atoms with E-state index in [1.54, 1.807) is 23.8 Å². The second-order valence-corrected chi connectivity index (χ2v) is 5.90. The van der Waals surface area contributed by atoms with Crippen LogP contribution >= 0.6 is 11.6 Å². The molecule has 120 valence electrons. The van der Waals surface area contributed by atoms with Gasteiger partial charge in [-0.25, -0.2) is 13.9 Å². The van der Waals surface area contributed by atoms with Crippen molar-refractivity contribution in [3.05, 3.63) is 47.7 Å². The molecule has 0 saturated carbocycles. The van der Waals surface area contributed by atoms with Crippen molar-refractivity contribution in [2.24, 2.45) is 0 Å². The molecule has 1 aromatic carbocycles. The summed E-state index contributed by atoms with van der Waals surface area (Å²) in [7, 11) is 1.55. The monoisotopic (exact) mass is 333 g/mol. The number of pyridine rings is 1. The van der Waals surface area contributed by atoms with Gasteiger partial charge in [0.05, 0.1) is 7.11 Å². The van der Waals surface area contributed by atoms with Crippen LogP contribution in [0.1, 0.15) is 31.2 Å². The number of fused-ring (bicyclic) bond motifs is 1. The highest BCUT2D eigenvalue weighted by Gasteiger charge is 2.16. The Bertz CT molecular complexity index is 860. The van der Waals surface area contributed by atoms with Crippen LogP contribution in [0.25, 0.3) is 16.8 Å². The largest absolute Gasteiger partial charge is 0.497 e. The first-order chi connectivity index (χ1) is 11.0. The number of aromatic nitrogens is 3. The molecule has 0 N–H and O–H groups in total. The predicted molar refractivity (Wildman–Crippen MR) is 88.6 cm³/mol. The molecule has 0 aliphatic rings. The van der Waals surface area contributed by atoms with E-state index in [0.717, 1.165) is 5.56 Å². The van der Waals surface area contributed by atoms with Crippen molar-refractivity contribution in [2.75, 3.05) is 7.11 Å². The zero-order valence-electron chi connectivity index (χ0n) is 13.2. The van der Waals surface area contributed by atoms with E-state index in [1.807, 2.05) is 26.1 Å². The number of methoxy groups -OCH3 is 1. The van der Waals surface area contributed by atoms with Crippen LogP contribution in [0.4, 0.5) is 4.39 Å². The molecule has 0 bridgehead atoms. The number of hydrogen-bond donors (Lipinski definition) is 0. The molecule has 0 atom stereocenters. The molecule has 3 rings (SSSR count). The third-order valence-corrected chi connectivity index (χ3v) is 3.95. The minimum Gasteiger partial charge on any atom is -0.497 e. The Morgan fingerprint density at radius 2 is 2.04 bits per heavy atom. The smallest absolute Gasteiger partial charge is 0.163 e. The van der Waals surface area contributed by atoms with Crippen LogP contribution in [0.3, 0.4) is 0 Å². The van der Waals surface area contributed by atoms with Gasteiger partial charge in [-0.1, -0.05) is 13.8 Å². The summed E-state index contributed by atoms with van der Waals surface area (Å²) < 4.78 is 21.3. The van der Waals surface area contributed by atoms with Crippen molar-refractivity contribution in [3.8, 4) is 16.9 Å². The fourth-order valence-electron chi connectivity index (χ4n) is 2.41. The third-order valence-electron chi connectivity index (χ3n) is 3.64. The van der Waals surface area contributed by atoms with E-state index in [0.29, 0.717) is 34.2 Å². The van der Waals surface area contributed by atoms with Gasteiger partial charge in [0, 0.05) is 29.1 Å². The summed E-state index contributed by atoms with van der Waals surface area (Å²) in [6, 6.07) is 6.48.